The molecule has 9 heteroatoms. The van der Waals surface area contributed by atoms with E-state index in [1.807, 2.05) is 0 Å². The summed E-state index contributed by atoms with van der Waals surface area (Å²) in [7, 11) is 1.11. The van der Waals surface area contributed by atoms with E-state index in [2.05, 4.69) is 10.1 Å². The molecule has 1 amide bonds. The van der Waals surface area contributed by atoms with Crippen LogP contribution in [0.4, 0.5) is 17.6 Å². The van der Waals surface area contributed by atoms with Gasteiger partial charge in [0.2, 0.25) is 0 Å². The molecule has 0 radical (unpaired) electrons. The van der Waals surface area contributed by atoms with Gasteiger partial charge in [-0.15, -0.1) is 0 Å². The van der Waals surface area contributed by atoms with Gasteiger partial charge in [-0.3, -0.25) is 4.79 Å². The molecule has 2 aromatic carbocycles. The van der Waals surface area contributed by atoms with E-state index in [9.17, 15) is 32.3 Å². The van der Waals surface area contributed by atoms with Gasteiger partial charge in [0.05, 0.1) is 12.7 Å². The Morgan fingerprint density at radius 1 is 1.07 bits per heavy atom. The van der Waals surface area contributed by atoms with Crippen LogP contribution >= 0.6 is 0 Å². The third-order valence-electron chi connectivity index (χ3n) is 3.96. The van der Waals surface area contributed by atoms with E-state index < -0.39 is 41.6 Å². The third kappa shape index (κ3) is 5.53. The Balaban J connectivity index is 2.11. The largest absolute Gasteiger partial charge is 0.467 e. The van der Waals surface area contributed by atoms with Crippen LogP contribution in [0.5, 0.6) is 0 Å². The fourth-order valence-electron chi connectivity index (χ4n) is 2.45. The number of alkyl halides is 3. The number of halogens is 4. The molecule has 2 N–H and O–H groups in total. The molecule has 0 aliphatic heterocycles. The minimum atomic E-state index is -4.54. The van der Waals surface area contributed by atoms with Gasteiger partial charge in [-0.05, 0) is 35.4 Å². The van der Waals surface area contributed by atoms with Crippen molar-refractivity contribution in [3.63, 3.8) is 0 Å². The highest BCUT2D eigenvalue weighted by atomic mass is 19.4. The number of ether oxygens (including phenoxy) is 1. The Morgan fingerprint density at radius 2 is 1.64 bits per heavy atom. The standard InChI is InChI=1S/C19H17F4NO4/c1-28-18(27)15(10-11-2-8-14(20)9-3-11)24-17(26)16(25)12-4-6-13(7-5-12)19(21,22)23/h2-9,15-16,25H,10H2,1H3,(H,24,26)/t15-,16+/m0/s1. The van der Waals surface area contributed by atoms with Crippen molar-refractivity contribution < 1.29 is 37.0 Å². The summed E-state index contributed by atoms with van der Waals surface area (Å²) in [6.07, 6.45) is -6.36. The number of carbonyl (C=O) groups excluding carboxylic acids is 2. The van der Waals surface area contributed by atoms with Crippen LogP contribution in [0.3, 0.4) is 0 Å². The molecule has 0 spiro atoms. The number of rotatable bonds is 6. The first-order valence-electron chi connectivity index (χ1n) is 8.09. The normalized spacial score (nSPS) is 13.5. The van der Waals surface area contributed by atoms with Gasteiger partial charge in [-0.25, -0.2) is 9.18 Å². The highest BCUT2D eigenvalue weighted by Gasteiger charge is 2.31. The van der Waals surface area contributed by atoms with Gasteiger partial charge in [0, 0.05) is 6.42 Å². The zero-order valence-corrected chi connectivity index (χ0v) is 14.7. The maximum Gasteiger partial charge on any atom is 0.416 e. The van der Waals surface area contributed by atoms with Crippen molar-refractivity contribution in [2.45, 2.75) is 24.7 Å². The van der Waals surface area contributed by atoms with Gasteiger partial charge in [0.15, 0.2) is 6.10 Å². The number of hydrogen-bond acceptors (Lipinski definition) is 4. The molecule has 150 valence electrons. The zero-order valence-electron chi connectivity index (χ0n) is 14.7. The van der Waals surface area contributed by atoms with Crippen molar-refractivity contribution in [2.75, 3.05) is 7.11 Å². The summed E-state index contributed by atoms with van der Waals surface area (Å²) in [4.78, 5) is 24.2. The number of aliphatic hydroxyl groups is 1. The number of nitrogens with one attached hydrogen (secondary N) is 1. The molecule has 0 saturated heterocycles. The number of aliphatic hydroxyl groups excluding tert-OH is 1. The highest BCUT2D eigenvalue weighted by Crippen LogP contribution is 2.30. The summed E-state index contributed by atoms with van der Waals surface area (Å²) in [5, 5.41) is 12.4. The molecule has 2 rings (SSSR count). The smallest absolute Gasteiger partial charge is 0.416 e. The van der Waals surface area contributed by atoms with Gasteiger partial charge in [-0.1, -0.05) is 24.3 Å². The van der Waals surface area contributed by atoms with Gasteiger partial charge >= 0.3 is 12.1 Å². The van der Waals surface area contributed by atoms with Crippen molar-refractivity contribution in [3.05, 3.63) is 71.0 Å². The number of carbonyl (C=O) groups is 2. The lowest BCUT2D eigenvalue weighted by Crippen LogP contribution is -2.45. The fourth-order valence-corrected chi connectivity index (χ4v) is 2.45. The molecule has 0 aliphatic carbocycles. The van der Waals surface area contributed by atoms with Crippen molar-refractivity contribution in [3.8, 4) is 0 Å². The Bertz CT molecular complexity index is 819. The maximum atomic E-state index is 13.0. The highest BCUT2D eigenvalue weighted by molar-refractivity contribution is 5.87. The van der Waals surface area contributed by atoms with Crippen molar-refractivity contribution in [1.82, 2.24) is 5.32 Å². The second-order valence-electron chi connectivity index (χ2n) is 5.94. The lowest BCUT2D eigenvalue weighted by molar-refractivity contribution is -0.146. The first-order valence-corrected chi connectivity index (χ1v) is 8.09. The molecule has 2 atom stereocenters. The summed E-state index contributed by atoms with van der Waals surface area (Å²) in [5.74, 6) is -2.25. The Morgan fingerprint density at radius 3 is 2.14 bits per heavy atom. The fraction of sp³-hybridized carbons (Fsp3) is 0.263. The summed E-state index contributed by atoms with van der Waals surface area (Å²) >= 11 is 0. The molecular formula is C19H17F4NO4. The average Bonchev–Trinajstić information content (AvgIpc) is 2.67. The lowest BCUT2D eigenvalue weighted by Gasteiger charge is -2.19. The van der Waals surface area contributed by atoms with Crippen LogP contribution in [-0.2, 0) is 26.9 Å². The zero-order chi connectivity index (χ0) is 20.9. The molecule has 0 saturated carbocycles. The van der Waals surface area contributed by atoms with Crippen molar-refractivity contribution >= 4 is 11.9 Å². The summed E-state index contributed by atoms with van der Waals surface area (Å²) < 4.78 is 55.4. The van der Waals surface area contributed by atoms with Gasteiger partial charge < -0.3 is 15.2 Å². The van der Waals surface area contributed by atoms with Crippen LogP contribution in [0.25, 0.3) is 0 Å². The van der Waals surface area contributed by atoms with Crippen LogP contribution in [0, 0.1) is 5.82 Å². The summed E-state index contributed by atoms with van der Waals surface area (Å²) in [6, 6.07) is 7.45. The van der Waals surface area contributed by atoms with E-state index in [-0.39, 0.29) is 12.0 Å². The minimum absolute atomic E-state index is 0.0293. The lowest BCUT2D eigenvalue weighted by atomic mass is 10.0. The van der Waals surface area contributed by atoms with E-state index in [0.29, 0.717) is 5.56 Å². The molecule has 0 aromatic heterocycles. The SMILES string of the molecule is COC(=O)[C@H](Cc1ccc(F)cc1)NC(=O)[C@H](O)c1ccc(C(F)(F)F)cc1. The predicted molar refractivity (Wildman–Crippen MR) is 90.5 cm³/mol. The summed E-state index contributed by atoms with van der Waals surface area (Å²) in [6.45, 7) is 0. The number of amides is 1. The Hall–Kier alpha value is -2.94. The second kappa shape index (κ2) is 8.83. The van der Waals surface area contributed by atoms with E-state index >= 15 is 0 Å². The monoisotopic (exact) mass is 399 g/mol. The predicted octanol–water partition coefficient (Wildman–Crippen LogP) is 2.78. The molecule has 0 heterocycles. The van der Waals surface area contributed by atoms with Crippen LogP contribution in [0.1, 0.15) is 22.8 Å². The van der Waals surface area contributed by atoms with Crippen LogP contribution < -0.4 is 5.32 Å². The van der Waals surface area contributed by atoms with E-state index in [1.54, 1.807) is 0 Å². The van der Waals surface area contributed by atoms with Crippen LogP contribution in [0.2, 0.25) is 0 Å². The van der Waals surface area contributed by atoms with Crippen LogP contribution in [-0.4, -0.2) is 30.1 Å². The quantitative estimate of drug-likeness (QED) is 0.579. The molecule has 0 fully saturated rings. The topological polar surface area (TPSA) is 75.6 Å². The molecular weight excluding hydrogens is 382 g/mol. The van der Waals surface area contributed by atoms with Gasteiger partial charge in [0.25, 0.3) is 5.91 Å². The Kier molecular flexibility index (Phi) is 6.74. The molecule has 0 unspecified atom stereocenters. The van der Waals surface area contributed by atoms with Crippen molar-refractivity contribution in [1.29, 1.82) is 0 Å². The molecule has 2 aromatic rings. The van der Waals surface area contributed by atoms with Gasteiger partial charge in [0.1, 0.15) is 11.9 Å². The van der Waals surface area contributed by atoms with Gasteiger partial charge in [-0.2, -0.15) is 13.2 Å². The molecule has 0 bridgehead atoms. The molecule has 28 heavy (non-hydrogen) atoms. The number of esters is 1. The average molecular weight is 399 g/mol. The summed E-state index contributed by atoms with van der Waals surface area (Å²) in [5.41, 5.74) is -0.468. The maximum absolute atomic E-state index is 13.0. The Labute approximate surface area is 157 Å². The van der Waals surface area contributed by atoms with Crippen molar-refractivity contribution in [2.24, 2.45) is 0 Å². The third-order valence-corrected chi connectivity index (χ3v) is 3.96. The number of methoxy groups -OCH3 is 1. The number of benzene rings is 2. The van der Waals surface area contributed by atoms with E-state index in [4.69, 9.17) is 0 Å². The van der Waals surface area contributed by atoms with Crippen LogP contribution in [0.15, 0.2) is 48.5 Å². The first kappa shape index (κ1) is 21.4. The molecule has 5 nitrogen and oxygen atoms in total. The minimum Gasteiger partial charge on any atom is -0.467 e. The first-order chi connectivity index (χ1) is 13.1. The van der Waals surface area contributed by atoms with E-state index in [0.717, 1.165) is 31.4 Å². The second-order valence-corrected chi connectivity index (χ2v) is 5.94. The van der Waals surface area contributed by atoms with E-state index in [1.165, 1.54) is 24.3 Å². The molecule has 0 aliphatic rings. The number of hydrogen-bond donors (Lipinski definition) is 2.